The first-order valence-electron chi connectivity index (χ1n) is 8.75. The number of fused-ring (bicyclic) bond motifs is 1. The first-order chi connectivity index (χ1) is 12.7. The van der Waals surface area contributed by atoms with E-state index in [9.17, 15) is 4.79 Å². The fourth-order valence-electron chi connectivity index (χ4n) is 3.37. The monoisotopic (exact) mass is 351 g/mol. The van der Waals surface area contributed by atoms with E-state index in [1.807, 2.05) is 18.2 Å². The standard InChI is InChI=1S/C21H21NO4/c1-14(13-24-2)15-3-5-17(6-4-15)22-12-16-11-20-19(25-9-10-26-20)8-7-18(16)21(22)23/h3-6,8,11,14H,9-10,12-13H2,1-2H3. The van der Waals surface area contributed by atoms with Crippen molar-refractivity contribution in [3.05, 3.63) is 70.4 Å². The van der Waals surface area contributed by atoms with E-state index in [4.69, 9.17) is 14.2 Å². The molecule has 1 unspecified atom stereocenters. The minimum atomic E-state index is -0.0509. The van der Waals surface area contributed by atoms with Crippen LogP contribution in [0.4, 0.5) is 5.69 Å². The third kappa shape index (κ3) is 2.96. The number of nitrogens with zero attached hydrogens (tertiary/aromatic N) is 1. The van der Waals surface area contributed by atoms with Crippen LogP contribution in [0.5, 0.6) is 0 Å². The number of allylic oxidation sites excluding steroid dienone is 2. The van der Waals surface area contributed by atoms with E-state index in [1.54, 1.807) is 18.1 Å². The van der Waals surface area contributed by atoms with E-state index >= 15 is 0 Å². The lowest BCUT2D eigenvalue weighted by atomic mass is 10.0. The van der Waals surface area contributed by atoms with Crippen molar-refractivity contribution in [2.24, 2.45) is 0 Å². The minimum absolute atomic E-state index is 0.0509. The van der Waals surface area contributed by atoms with Gasteiger partial charge in [0.1, 0.15) is 13.2 Å². The third-order valence-corrected chi connectivity index (χ3v) is 4.79. The van der Waals surface area contributed by atoms with Crippen LogP contribution in [0.25, 0.3) is 0 Å². The molecular weight excluding hydrogens is 330 g/mol. The van der Waals surface area contributed by atoms with Crippen LogP contribution in [-0.4, -0.2) is 39.4 Å². The summed E-state index contributed by atoms with van der Waals surface area (Å²) < 4.78 is 16.4. The summed E-state index contributed by atoms with van der Waals surface area (Å²) in [5.41, 5.74) is 6.63. The molecule has 26 heavy (non-hydrogen) atoms. The highest BCUT2D eigenvalue weighted by molar-refractivity contribution is 6.12. The summed E-state index contributed by atoms with van der Waals surface area (Å²) in [5, 5.41) is 0. The first kappa shape index (κ1) is 16.7. The number of methoxy groups -OCH3 is 1. The lowest BCUT2D eigenvalue weighted by Gasteiger charge is -2.18. The Morgan fingerprint density at radius 3 is 2.65 bits per heavy atom. The molecule has 1 aromatic rings. The highest BCUT2D eigenvalue weighted by Crippen LogP contribution is 2.32. The summed E-state index contributed by atoms with van der Waals surface area (Å²) in [6.45, 7) is 4.33. The molecule has 3 aliphatic rings. The average Bonchev–Trinajstić information content (AvgIpc) is 2.85. The number of hydrogen-bond acceptors (Lipinski definition) is 4. The Bertz CT molecular complexity index is 857. The fourth-order valence-corrected chi connectivity index (χ4v) is 3.37. The number of carbonyl (C=O) groups excluding carboxylic acids is 1. The zero-order chi connectivity index (χ0) is 18.1. The molecule has 0 radical (unpaired) electrons. The minimum Gasteiger partial charge on any atom is -0.486 e. The summed E-state index contributed by atoms with van der Waals surface area (Å²) in [4.78, 5) is 14.6. The van der Waals surface area contributed by atoms with Crippen molar-refractivity contribution in [2.45, 2.75) is 12.8 Å². The van der Waals surface area contributed by atoms with E-state index in [1.165, 1.54) is 5.56 Å². The normalized spacial score (nSPS) is 19.8. The van der Waals surface area contributed by atoms with Crippen LogP contribution >= 0.6 is 0 Å². The second-order valence-electron chi connectivity index (χ2n) is 6.60. The van der Waals surface area contributed by atoms with Crippen LogP contribution in [0.15, 0.2) is 64.8 Å². The molecule has 5 nitrogen and oxygen atoms in total. The second-order valence-corrected chi connectivity index (χ2v) is 6.60. The van der Waals surface area contributed by atoms with E-state index in [-0.39, 0.29) is 5.91 Å². The molecule has 1 saturated heterocycles. The van der Waals surface area contributed by atoms with E-state index in [0.29, 0.717) is 49.4 Å². The molecule has 0 saturated carbocycles. The maximum Gasteiger partial charge on any atom is 0.266 e. The molecule has 1 aromatic carbocycles. The average molecular weight is 351 g/mol. The van der Waals surface area contributed by atoms with Gasteiger partial charge in [-0.25, -0.2) is 0 Å². The van der Waals surface area contributed by atoms with E-state index in [2.05, 4.69) is 24.8 Å². The molecule has 4 rings (SSSR count). The van der Waals surface area contributed by atoms with E-state index < -0.39 is 0 Å². The molecule has 5 heteroatoms. The van der Waals surface area contributed by atoms with Crippen molar-refractivity contribution >= 4 is 11.6 Å². The second kappa shape index (κ2) is 6.87. The lowest BCUT2D eigenvalue weighted by molar-refractivity contribution is -0.114. The molecule has 1 atom stereocenters. The Hall–Kier alpha value is -2.75. The van der Waals surface area contributed by atoms with Crippen molar-refractivity contribution in [3.63, 3.8) is 0 Å². The molecule has 1 fully saturated rings. The van der Waals surface area contributed by atoms with E-state index in [0.717, 1.165) is 11.3 Å². The summed E-state index contributed by atoms with van der Waals surface area (Å²) in [7, 11) is 1.70. The topological polar surface area (TPSA) is 48.0 Å². The number of benzene rings is 1. The van der Waals surface area contributed by atoms with Crippen LogP contribution in [0.1, 0.15) is 18.4 Å². The molecule has 0 N–H and O–H groups in total. The van der Waals surface area contributed by atoms with Gasteiger partial charge in [-0.3, -0.25) is 4.79 Å². The van der Waals surface area contributed by atoms with Crippen LogP contribution in [0.3, 0.4) is 0 Å². The summed E-state index contributed by atoms with van der Waals surface area (Å²) in [6, 6.07) is 8.08. The van der Waals surface area contributed by atoms with Gasteiger partial charge in [0.05, 0.1) is 18.7 Å². The SMILES string of the molecule is COCC(C)c1ccc(N2CC3=CC4=C(C=C=C3C2=O)OCCO4)cc1. The van der Waals surface area contributed by atoms with Gasteiger partial charge in [-0.15, -0.1) is 5.73 Å². The number of anilines is 1. The van der Waals surface area contributed by atoms with Crippen molar-refractivity contribution in [3.8, 4) is 0 Å². The molecule has 2 heterocycles. The molecule has 0 aromatic heterocycles. The van der Waals surface area contributed by atoms with Gasteiger partial charge in [0.15, 0.2) is 11.5 Å². The van der Waals surface area contributed by atoms with Crippen LogP contribution in [0, 0.1) is 0 Å². The summed E-state index contributed by atoms with van der Waals surface area (Å²) in [5.74, 6) is 1.58. The Balaban J connectivity index is 1.59. The van der Waals surface area contributed by atoms with Gasteiger partial charge >= 0.3 is 0 Å². The van der Waals surface area contributed by atoms with Crippen LogP contribution < -0.4 is 4.90 Å². The van der Waals surface area contributed by atoms with Crippen molar-refractivity contribution in [1.29, 1.82) is 0 Å². The smallest absolute Gasteiger partial charge is 0.266 e. The molecule has 0 spiro atoms. The van der Waals surface area contributed by atoms with Crippen LogP contribution in [-0.2, 0) is 19.0 Å². The zero-order valence-corrected chi connectivity index (χ0v) is 15.0. The maximum atomic E-state index is 12.9. The van der Waals surface area contributed by atoms with Gasteiger partial charge in [0.25, 0.3) is 5.91 Å². The Morgan fingerprint density at radius 1 is 1.19 bits per heavy atom. The first-order valence-corrected chi connectivity index (χ1v) is 8.75. The molecule has 134 valence electrons. The predicted octanol–water partition coefficient (Wildman–Crippen LogP) is 3.06. The fraction of sp³-hybridized carbons (Fsp3) is 0.333. The maximum absolute atomic E-state index is 12.9. The van der Waals surface area contributed by atoms with Gasteiger partial charge in [0.2, 0.25) is 0 Å². The molecule has 1 amide bonds. The van der Waals surface area contributed by atoms with Gasteiger partial charge in [-0.2, -0.15) is 0 Å². The predicted molar refractivity (Wildman–Crippen MR) is 97.7 cm³/mol. The third-order valence-electron chi connectivity index (χ3n) is 4.79. The van der Waals surface area contributed by atoms with Crippen molar-refractivity contribution in [2.75, 3.05) is 38.4 Å². The number of ether oxygens (including phenoxy) is 3. The lowest BCUT2D eigenvalue weighted by Crippen LogP contribution is -2.24. The summed E-state index contributed by atoms with van der Waals surface area (Å²) >= 11 is 0. The van der Waals surface area contributed by atoms with Crippen molar-refractivity contribution < 1.29 is 19.0 Å². The number of amides is 1. The molecule has 0 bridgehead atoms. The Kier molecular flexibility index (Phi) is 4.41. The molecular formula is C21H21NO4. The van der Waals surface area contributed by atoms with Crippen molar-refractivity contribution in [1.82, 2.24) is 0 Å². The van der Waals surface area contributed by atoms with Gasteiger partial charge in [-0.05, 0) is 29.3 Å². The number of hydrogen-bond donors (Lipinski definition) is 0. The largest absolute Gasteiger partial charge is 0.486 e. The number of rotatable bonds is 4. The molecule has 1 aliphatic carbocycles. The quantitative estimate of drug-likeness (QED) is 0.783. The summed E-state index contributed by atoms with van der Waals surface area (Å²) in [6.07, 6.45) is 3.59. The van der Waals surface area contributed by atoms with Crippen LogP contribution in [0.2, 0.25) is 0 Å². The molecule has 2 aliphatic heterocycles. The Morgan fingerprint density at radius 2 is 1.92 bits per heavy atom. The highest BCUT2D eigenvalue weighted by atomic mass is 16.6. The van der Waals surface area contributed by atoms with Gasteiger partial charge in [-0.1, -0.05) is 19.1 Å². The zero-order valence-electron chi connectivity index (χ0n) is 15.0. The van der Waals surface area contributed by atoms with Gasteiger partial charge < -0.3 is 19.1 Å². The number of carbonyl (C=O) groups is 1. The Labute approximate surface area is 152 Å². The van der Waals surface area contributed by atoms with Gasteiger partial charge in [0, 0.05) is 24.8 Å². The highest BCUT2D eigenvalue weighted by Gasteiger charge is 2.33.